The van der Waals surface area contributed by atoms with E-state index in [1.54, 1.807) is 6.92 Å². The minimum Gasteiger partial charge on any atom is -0.421 e. The van der Waals surface area contributed by atoms with Crippen LogP contribution in [0, 0.1) is 0 Å². The fraction of sp³-hybridized carbons (Fsp3) is 0.571. The van der Waals surface area contributed by atoms with Crippen molar-refractivity contribution in [2.45, 2.75) is 25.9 Å². The summed E-state index contributed by atoms with van der Waals surface area (Å²) in [6.45, 7) is 6.89. The Bertz CT molecular complexity index is 142. The van der Waals surface area contributed by atoms with E-state index in [0.29, 0.717) is 6.42 Å². The van der Waals surface area contributed by atoms with Crippen molar-refractivity contribution in [2.75, 3.05) is 0 Å². The molecule has 0 aromatic rings. The van der Waals surface area contributed by atoms with Gasteiger partial charge in [0.1, 0.15) is 5.60 Å². The van der Waals surface area contributed by atoms with Gasteiger partial charge in [-0.05, 0) is 19.4 Å². The summed E-state index contributed by atoms with van der Waals surface area (Å²) in [6.07, 6.45) is 0.497. The molecule has 0 aromatic heterocycles. The van der Waals surface area contributed by atoms with E-state index in [9.17, 15) is 9.90 Å². The summed E-state index contributed by atoms with van der Waals surface area (Å²) in [5.41, 5.74) is -0.793. The van der Waals surface area contributed by atoms with Crippen LogP contribution in [0.1, 0.15) is 20.3 Å². The molecule has 3 nitrogen and oxygen atoms in total. The molecule has 0 N–H and O–H groups in total. The summed E-state index contributed by atoms with van der Waals surface area (Å²) in [5, 5.41) is 9.95. The first-order valence-corrected chi connectivity index (χ1v) is 3.07. The molecule has 0 saturated carbocycles. The molecular formula is C7H11O3. The quantitative estimate of drug-likeness (QED) is 0.447. The molecule has 10 heavy (non-hydrogen) atoms. The van der Waals surface area contributed by atoms with Gasteiger partial charge in [-0.15, -0.1) is 0 Å². The second kappa shape index (κ2) is 3.25. The van der Waals surface area contributed by atoms with Crippen molar-refractivity contribution in [2.24, 2.45) is 0 Å². The summed E-state index contributed by atoms with van der Waals surface area (Å²) in [5.74, 6) is 0. The van der Waals surface area contributed by atoms with E-state index in [0.717, 1.165) is 0 Å². The molecule has 0 spiro atoms. The van der Waals surface area contributed by atoms with Gasteiger partial charge < -0.3 is 4.74 Å². The Morgan fingerprint density at radius 3 is 2.40 bits per heavy atom. The number of ether oxygens (including phenoxy) is 1. The van der Waals surface area contributed by atoms with Crippen molar-refractivity contribution in [3.63, 3.8) is 0 Å². The molecule has 0 bridgehead atoms. The first-order chi connectivity index (χ1) is 4.54. The Kier molecular flexibility index (Phi) is 2.93. The lowest BCUT2D eigenvalue weighted by molar-refractivity contribution is 0.00266. The van der Waals surface area contributed by atoms with Crippen LogP contribution in [0.3, 0.4) is 0 Å². The second-order valence-corrected chi connectivity index (χ2v) is 2.22. The maximum atomic E-state index is 9.95. The third-order valence-electron chi connectivity index (χ3n) is 1.45. The van der Waals surface area contributed by atoms with Gasteiger partial charge >= 0.3 is 6.16 Å². The Morgan fingerprint density at radius 2 is 2.30 bits per heavy atom. The van der Waals surface area contributed by atoms with E-state index >= 15 is 0 Å². The van der Waals surface area contributed by atoms with E-state index in [1.165, 1.54) is 6.08 Å². The summed E-state index contributed by atoms with van der Waals surface area (Å²) in [7, 11) is 0. The Labute approximate surface area is 60.3 Å². The van der Waals surface area contributed by atoms with Crippen molar-refractivity contribution in [3.05, 3.63) is 12.7 Å². The maximum absolute atomic E-state index is 9.95. The zero-order valence-electron chi connectivity index (χ0n) is 6.22. The van der Waals surface area contributed by atoms with Crippen LogP contribution in [0.2, 0.25) is 0 Å². The molecule has 1 radical (unpaired) electrons. The lowest BCUT2D eigenvalue weighted by Crippen LogP contribution is -2.26. The van der Waals surface area contributed by atoms with Crippen LogP contribution >= 0.6 is 0 Å². The first kappa shape index (κ1) is 9.01. The fourth-order valence-corrected chi connectivity index (χ4v) is 0.449. The molecule has 57 valence electrons. The highest BCUT2D eigenvalue weighted by Crippen LogP contribution is 2.15. The number of hydrogen-bond acceptors (Lipinski definition) is 2. The zero-order chi connectivity index (χ0) is 8.20. The van der Waals surface area contributed by atoms with E-state index in [2.05, 4.69) is 11.3 Å². The lowest BCUT2D eigenvalue weighted by atomic mass is 10.0. The van der Waals surface area contributed by atoms with Gasteiger partial charge in [0.25, 0.3) is 0 Å². The van der Waals surface area contributed by atoms with Crippen LogP contribution in [0.25, 0.3) is 0 Å². The SMILES string of the molecule is C=CC(C)(CC)OC([O])=O. The Balaban J connectivity index is 4.05. The first-order valence-electron chi connectivity index (χ1n) is 3.07. The van der Waals surface area contributed by atoms with Crippen LogP contribution < -0.4 is 0 Å². The molecule has 3 heteroatoms. The average Bonchev–Trinajstić information content (AvgIpc) is 1.87. The molecule has 0 fully saturated rings. The van der Waals surface area contributed by atoms with Gasteiger partial charge in [0, 0.05) is 0 Å². The van der Waals surface area contributed by atoms with Crippen LogP contribution in [-0.2, 0) is 9.84 Å². The molecular weight excluding hydrogens is 132 g/mol. The highest BCUT2D eigenvalue weighted by molar-refractivity contribution is 5.57. The van der Waals surface area contributed by atoms with E-state index in [1.807, 2.05) is 6.92 Å². The molecule has 0 rings (SSSR count). The monoisotopic (exact) mass is 143 g/mol. The van der Waals surface area contributed by atoms with Crippen molar-refractivity contribution in [3.8, 4) is 0 Å². The van der Waals surface area contributed by atoms with Gasteiger partial charge in [-0.1, -0.05) is 13.5 Å². The van der Waals surface area contributed by atoms with E-state index in [4.69, 9.17) is 0 Å². The molecule has 0 aliphatic carbocycles. The highest BCUT2D eigenvalue weighted by Gasteiger charge is 2.22. The van der Waals surface area contributed by atoms with E-state index < -0.39 is 11.8 Å². The van der Waals surface area contributed by atoms with E-state index in [-0.39, 0.29) is 0 Å². The van der Waals surface area contributed by atoms with Crippen molar-refractivity contribution < 1.29 is 14.6 Å². The summed E-state index contributed by atoms with van der Waals surface area (Å²) >= 11 is 0. The average molecular weight is 143 g/mol. The van der Waals surface area contributed by atoms with Crippen LogP contribution in [0.4, 0.5) is 4.79 Å². The van der Waals surface area contributed by atoms with Crippen LogP contribution in [0.15, 0.2) is 12.7 Å². The molecule has 0 saturated heterocycles. The molecule has 1 atom stereocenters. The summed E-state index contributed by atoms with van der Waals surface area (Å²) in [4.78, 5) is 9.95. The van der Waals surface area contributed by atoms with Crippen molar-refractivity contribution in [1.29, 1.82) is 0 Å². The van der Waals surface area contributed by atoms with Gasteiger partial charge in [0.05, 0.1) is 0 Å². The number of hydrogen-bond donors (Lipinski definition) is 0. The van der Waals surface area contributed by atoms with Crippen LogP contribution in [-0.4, -0.2) is 11.8 Å². The topological polar surface area (TPSA) is 46.2 Å². The predicted molar refractivity (Wildman–Crippen MR) is 36.1 cm³/mol. The largest absolute Gasteiger partial charge is 0.550 e. The van der Waals surface area contributed by atoms with Crippen molar-refractivity contribution in [1.82, 2.24) is 0 Å². The predicted octanol–water partition coefficient (Wildman–Crippen LogP) is 1.91. The zero-order valence-corrected chi connectivity index (χ0v) is 6.22. The number of carbonyl (C=O) groups is 1. The minimum atomic E-state index is -1.51. The number of carbonyl (C=O) groups excluding carboxylic acids is 1. The van der Waals surface area contributed by atoms with Crippen LogP contribution in [0.5, 0.6) is 0 Å². The van der Waals surface area contributed by atoms with Crippen molar-refractivity contribution >= 4 is 6.16 Å². The number of rotatable bonds is 3. The smallest absolute Gasteiger partial charge is 0.421 e. The normalized spacial score (nSPS) is 15.4. The molecule has 0 amide bonds. The molecule has 0 aliphatic rings. The van der Waals surface area contributed by atoms with Gasteiger partial charge in [-0.25, -0.2) is 0 Å². The molecule has 0 heterocycles. The van der Waals surface area contributed by atoms with Gasteiger partial charge in [-0.2, -0.15) is 9.90 Å². The molecule has 0 aliphatic heterocycles. The molecule has 0 aromatic carbocycles. The van der Waals surface area contributed by atoms with Gasteiger partial charge in [0.2, 0.25) is 0 Å². The third kappa shape index (κ3) is 2.53. The lowest BCUT2D eigenvalue weighted by Gasteiger charge is -2.20. The summed E-state index contributed by atoms with van der Waals surface area (Å²) < 4.78 is 4.42. The standard InChI is InChI=1S/C7H11O3/c1-4-7(3,5-2)10-6(8)9/h4H,1,5H2,2-3H3. The van der Waals surface area contributed by atoms with Gasteiger partial charge in [0.15, 0.2) is 0 Å². The summed E-state index contributed by atoms with van der Waals surface area (Å²) in [6, 6.07) is 0. The second-order valence-electron chi connectivity index (χ2n) is 2.22. The Morgan fingerprint density at radius 1 is 1.80 bits per heavy atom. The maximum Gasteiger partial charge on any atom is 0.550 e. The minimum absolute atomic E-state index is 0.560. The van der Waals surface area contributed by atoms with Gasteiger partial charge in [-0.3, -0.25) is 0 Å². The third-order valence-corrected chi connectivity index (χ3v) is 1.45. The fourth-order valence-electron chi connectivity index (χ4n) is 0.449. The Hall–Kier alpha value is -0.990. The molecule has 1 unspecified atom stereocenters. The highest BCUT2D eigenvalue weighted by atomic mass is 16.7.